The molecule has 1 aliphatic heterocycles. The van der Waals surface area contributed by atoms with Gasteiger partial charge in [-0.3, -0.25) is 4.79 Å². The van der Waals surface area contributed by atoms with E-state index < -0.39 is 5.41 Å². The van der Waals surface area contributed by atoms with E-state index in [9.17, 15) is 9.59 Å². The lowest BCUT2D eigenvalue weighted by atomic mass is 9.81. The van der Waals surface area contributed by atoms with E-state index in [-0.39, 0.29) is 11.9 Å². The number of likely N-dealkylation sites (tertiary alicyclic amines) is 1. The van der Waals surface area contributed by atoms with Crippen LogP contribution < -0.4 is 10.6 Å². The number of aryl methyl sites for hydroxylation is 1. The molecule has 5 heteroatoms. The van der Waals surface area contributed by atoms with Gasteiger partial charge in [0.25, 0.3) is 0 Å². The highest BCUT2D eigenvalue weighted by molar-refractivity contribution is 5.84. The molecule has 5 nitrogen and oxygen atoms in total. The molecule has 0 spiro atoms. The summed E-state index contributed by atoms with van der Waals surface area (Å²) in [6.07, 6.45) is 7.51. The zero-order valence-electron chi connectivity index (χ0n) is 16.7. The molecule has 1 atom stereocenters. The molecule has 2 N–H and O–H groups in total. The summed E-state index contributed by atoms with van der Waals surface area (Å²) < 4.78 is 0. The number of piperidine rings is 1. The van der Waals surface area contributed by atoms with Crippen LogP contribution in [0, 0.1) is 12.3 Å². The number of nitrogens with one attached hydrogen (secondary N) is 2. The zero-order chi connectivity index (χ0) is 19.3. The highest BCUT2D eigenvalue weighted by atomic mass is 16.2. The van der Waals surface area contributed by atoms with Gasteiger partial charge in [0.05, 0.1) is 5.41 Å². The Balaban J connectivity index is 1.53. The molecular weight excluding hydrogens is 338 g/mol. The first-order valence-electron chi connectivity index (χ1n) is 10.4. The second kappa shape index (κ2) is 8.77. The largest absolute Gasteiger partial charge is 0.351 e. The summed E-state index contributed by atoms with van der Waals surface area (Å²) in [5, 5.41) is 6.26. The van der Waals surface area contributed by atoms with Crippen molar-refractivity contribution >= 4 is 11.9 Å². The van der Waals surface area contributed by atoms with Gasteiger partial charge < -0.3 is 15.5 Å². The van der Waals surface area contributed by atoms with E-state index in [4.69, 9.17) is 0 Å². The van der Waals surface area contributed by atoms with E-state index in [1.807, 2.05) is 24.0 Å². The highest BCUT2D eigenvalue weighted by Gasteiger charge is 2.39. The van der Waals surface area contributed by atoms with Crippen LogP contribution in [-0.4, -0.2) is 36.0 Å². The average molecular weight is 372 g/mol. The van der Waals surface area contributed by atoms with Crippen molar-refractivity contribution in [3.63, 3.8) is 0 Å². The zero-order valence-corrected chi connectivity index (χ0v) is 16.7. The Morgan fingerprint density at radius 3 is 2.52 bits per heavy atom. The van der Waals surface area contributed by atoms with Gasteiger partial charge in [-0.15, -0.1) is 0 Å². The normalized spacial score (nSPS) is 23.7. The fourth-order valence-electron chi connectivity index (χ4n) is 4.21. The van der Waals surface area contributed by atoms with Gasteiger partial charge in [0.1, 0.15) is 0 Å². The molecule has 1 aromatic rings. The Labute approximate surface area is 162 Å². The average Bonchev–Trinajstić information content (AvgIpc) is 2.68. The summed E-state index contributed by atoms with van der Waals surface area (Å²) in [4.78, 5) is 27.4. The molecule has 1 aromatic carbocycles. The molecule has 148 valence electrons. The molecule has 1 saturated carbocycles. The molecule has 27 heavy (non-hydrogen) atoms. The third-order valence-electron chi connectivity index (χ3n) is 6.04. The lowest BCUT2D eigenvalue weighted by Gasteiger charge is -2.40. The number of urea groups is 1. The standard InChI is InChI=1S/C22H33N3O2/c1-17-9-11-18(12-10-17)15-23-20(26)22(2)13-6-14-25(16-22)21(27)24-19-7-4-3-5-8-19/h9-12,19H,3-8,13-16H2,1-2H3,(H,23,26)(H,24,27)/t22-/m0/s1. The van der Waals surface area contributed by atoms with Gasteiger partial charge in [0.2, 0.25) is 5.91 Å². The Morgan fingerprint density at radius 1 is 1.11 bits per heavy atom. The van der Waals surface area contributed by atoms with Crippen molar-refractivity contribution in [2.45, 2.75) is 71.4 Å². The first kappa shape index (κ1) is 19.7. The third-order valence-corrected chi connectivity index (χ3v) is 6.04. The molecule has 0 unspecified atom stereocenters. The van der Waals surface area contributed by atoms with Crippen LogP contribution in [0.4, 0.5) is 4.79 Å². The predicted octanol–water partition coefficient (Wildman–Crippen LogP) is 3.76. The van der Waals surface area contributed by atoms with E-state index in [1.165, 1.54) is 24.8 Å². The first-order chi connectivity index (χ1) is 13.0. The number of nitrogens with zero attached hydrogens (tertiary/aromatic N) is 1. The Kier molecular flexibility index (Phi) is 6.40. The van der Waals surface area contributed by atoms with Crippen molar-refractivity contribution in [1.29, 1.82) is 0 Å². The summed E-state index contributed by atoms with van der Waals surface area (Å²) in [7, 11) is 0. The maximum absolute atomic E-state index is 12.8. The molecule has 0 aromatic heterocycles. The summed E-state index contributed by atoms with van der Waals surface area (Å²) >= 11 is 0. The van der Waals surface area contributed by atoms with E-state index in [2.05, 4.69) is 29.7 Å². The molecule has 0 radical (unpaired) electrons. The number of amides is 3. The molecule has 3 amide bonds. The Hall–Kier alpha value is -2.04. The topological polar surface area (TPSA) is 61.4 Å². The van der Waals surface area contributed by atoms with Gasteiger partial charge >= 0.3 is 6.03 Å². The second-order valence-corrected chi connectivity index (χ2v) is 8.54. The molecule has 3 rings (SSSR count). The van der Waals surface area contributed by atoms with Gasteiger partial charge in [-0.2, -0.15) is 0 Å². The van der Waals surface area contributed by atoms with E-state index in [1.54, 1.807) is 0 Å². The summed E-state index contributed by atoms with van der Waals surface area (Å²) in [6, 6.07) is 8.50. The molecule has 0 bridgehead atoms. The Bertz CT molecular complexity index is 652. The van der Waals surface area contributed by atoms with Crippen LogP contribution in [0.3, 0.4) is 0 Å². The van der Waals surface area contributed by atoms with Gasteiger partial charge in [0.15, 0.2) is 0 Å². The van der Waals surface area contributed by atoms with Gasteiger partial charge in [0, 0.05) is 25.7 Å². The van der Waals surface area contributed by atoms with Crippen molar-refractivity contribution in [1.82, 2.24) is 15.5 Å². The minimum Gasteiger partial charge on any atom is -0.351 e. The van der Waals surface area contributed by atoms with Gasteiger partial charge in [-0.1, -0.05) is 49.1 Å². The third kappa shape index (κ3) is 5.24. The number of rotatable bonds is 4. The van der Waals surface area contributed by atoms with E-state index in [0.29, 0.717) is 19.1 Å². The fourth-order valence-corrected chi connectivity index (χ4v) is 4.21. The number of hydrogen-bond acceptors (Lipinski definition) is 2. The molecule has 1 aliphatic carbocycles. The summed E-state index contributed by atoms with van der Waals surface area (Å²) in [5.41, 5.74) is 1.79. The maximum Gasteiger partial charge on any atom is 0.317 e. The molecule has 2 aliphatic rings. The molecule has 1 saturated heterocycles. The second-order valence-electron chi connectivity index (χ2n) is 8.54. The highest BCUT2D eigenvalue weighted by Crippen LogP contribution is 2.30. The number of benzene rings is 1. The summed E-state index contributed by atoms with van der Waals surface area (Å²) in [6.45, 7) is 5.80. The minimum absolute atomic E-state index is 0.000778. The van der Waals surface area contributed by atoms with Crippen LogP contribution in [0.2, 0.25) is 0 Å². The minimum atomic E-state index is -0.521. The van der Waals surface area contributed by atoms with Crippen molar-refractivity contribution in [2.24, 2.45) is 5.41 Å². The van der Waals surface area contributed by atoms with Gasteiger partial charge in [-0.25, -0.2) is 4.79 Å². The monoisotopic (exact) mass is 371 g/mol. The van der Waals surface area contributed by atoms with Crippen LogP contribution in [0.15, 0.2) is 24.3 Å². The van der Waals surface area contributed by atoms with Crippen LogP contribution in [0.25, 0.3) is 0 Å². The number of carbonyl (C=O) groups is 2. The Morgan fingerprint density at radius 2 is 1.81 bits per heavy atom. The van der Waals surface area contributed by atoms with E-state index >= 15 is 0 Å². The fraction of sp³-hybridized carbons (Fsp3) is 0.636. The van der Waals surface area contributed by atoms with Crippen molar-refractivity contribution in [3.8, 4) is 0 Å². The van der Waals surface area contributed by atoms with Crippen LogP contribution in [0.5, 0.6) is 0 Å². The van der Waals surface area contributed by atoms with Gasteiger partial charge in [-0.05, 0) is 45.1 Å². The van der Waals surface area contributed by atoms with Crippen molar-refractivity contribution in [3.05, 3.63) is 35.4 Å². The lowest BCUT2D eigenvalue weighted by Crippen LogP contribution is -2.55. The number of hydrogen-bond donors (Lipinski definition) is 2. The van der Waals surface area contributed by atoms with Crippen LogP contribution in [-0.2, 0) is 11.3 Å². The number of carbonyl (C=O) groups excluding carboxylic acids is 2. The molecule has 2 fully saturated rings. The van der Waals surface area contributed by atoms with E-state index in [0.717, 1.165) is 37.8 Å². The van der Waals surface area contributed by atoms with Crippen LogP contribution in [0.1, 0.15) is 63.0 Å². The SMILES string of the molecule is Cc1ccc(CNC(=O)[C@@]2(C)CCCN(C(=O)NC3CCCCC3)C2)cc1. The predicted molar refractivity (Wildman–Crippen MR) is 107 cm³/mol. The van der Waals surface area contributed by atoms with Crippen molar-refractivity contribution in [2.75, 3.05) is 13.1 Å². The summed E-state index contributed by atoms with van der Waals surface area (Å²) in [5.74, 6) is 0.0400. The molecular formula is C22H33N3O2. The molecule has 1 heterocycles. The smallest absolute Gasteiger partial charge is 0.317 e. The van der Waals surface area contributed by atoms with Crippen molar-refractivity contribution < 1.29 is 9.59 Å². The first-order valence-corrected chi connectivity index (χ1v) is 10.4. The van der Waals surface area contributed by atoms with Crippen LogP contribution >= 0.6 is 0 Å². The lowest BCUT2D eigenvalue weighted by molar-refractivity contribution is -0.132. The maximum atomic E-state index is 12.8. The quantitative estimate of drug-likeness (QED) is 0.847.